The van der Waals surface area contributed by atoms with Gasteiger partial charge in [0.25, 0.3) is 0 Å². The molecule has 1 aliphatic rings. The van der Waals surface area contributed by atoms with E-state index in [0.29, 0.717) is 0 Å². The van der Waals surface area contributed by atoms with Crippen molar-refractivity contribution in [2.45, 2.75) is 19.3 Å². The van der Waals surface area contributed by atoms with Crippen LogP contribution in [0.1, 0.15) is 18.4 Å². The van der Waals surface area contributed by atoms with E-state index in [1.54, 1.807) is 14.2 Å². The van der Waals surface area contributed by atoms with E-state index in [1.165, 1.54) is 0 Å². The van der Waals surface area contributed by atoms with Crippen LogP contribution in [0.25, 0.3) is 0 Å². The number of aryl methyl sites for hydroxylation is 1. The van der Waals surface area contributed by atoms with Crippen molar-refractivity contribution < 1.29 is 9.47 Å². The predicted molar refractivity (Wildman–Crippen MR) is 72.9 cm³/mol. The third kappa shape index (κ3) is 4.01. The highest BCUT2D eigenvalue weighted by Crippen LogP contribution is 2.16. The van der Waals surface area contributed by atoms with Gasteiger partial charge in [0.1, 0.15) is 0 Å². The molecule has 108 valence electrons. The van der Waals surface area contributed by atoms with Crippen LogP contribution in [0.15, 0.2) is 12.5 Å². The number of nitrogens with one attached hydrogen (secondary N) is 1. The lowest BCUT2D eigenvalue weighted by molar-refractivity contribution is -0.110. The van der Waals surface area contributed by atoms with Crippen LogP contribution < -0.4 is 5.32 Å². The maximum atomic E-state index is 5.28. The Balaban J connectivity index is 1.80. The molecule has 2 heterocycles. The zero-order valence-corrected chi connectivity index (χ0v) is 11.8. The average molecular weight is 268 g/mol. The van der Waals surface area contributed by atoms with E-state index in [1.807, 2.05) is 12.5 Å². The second-order valence-corrected chi connectivity index (χ2v) is 4.76. The van der Waals surface area contributed by atoms with Crippen molar-refractivity contribution >= 4 is 0 Å². The van der Waals surface area contributed by atoms with E-state index in [4.69, 9.17) is 9.47 Å². The van der Waals surface area contributed by atoms with Crippen LogP contribution >= 0.6 is 0 Å². The zero-order chi connectivity index (χ0) is 13.5. The third-order valence-corrected chi connectivity index (χ3v) is 3.50. The van der Waals surface area contributed by atoms with Crippen molar-refractivity contribution in [3.63, 3.8) is 0 Å². The van der Waals surface area contributed by atoms with Gasteiger partial charge in [-0.1, -0.05) is 0 Å². The van der Waals surface area contributed by atoms with Gasteiger partial charge in [-0.15, -0.1) is 0 Å². The van der Waals surface area contributed by atoms with Crippen LogP contribution in [0.3, 0.4) is 0 Å². The van der Waals surface area contributed by atoms with Crippen LogP contribution in [0.5, 0.6) is 0 Å². The Morgan fingerprint density at radius 1 is 1.26 bits per heavy atom. The Labute approximate surface area is 114 Å². The number of hydrogen-bond acceptors (Lipinski definition) is 5. The minimum Gasteiger partial charge on any atom is -0.350 e. The topological polar surface area (TPSA) is 51.6 Å². The molecule has 0 aromatic carbocycles. The fourth-order valence-corrected chi connectivity index (χ4v) is 2.45. The Morgan fingerprint density at radius 3 is 2.68 bits per heavy atom. The summed E-state index contributed by atoms with van der Waals surface area (Å²) in [7, 11) is 3.29. The van der Waals surface area contributed by atoms with Crippen LogP contribution in [0, 0.1) is 0 Å². The van der Waals surface area contributed by atoms with E-state index >= 15 is 0 Å². The van der Waals surface area contributed by atoms with Gasteiger partial charge < -0.3 is 24.3 Å². The number of nitrogens with zero attached hydrogens (tertiary/aromatic N) is 3. The fourth-order valence-electron chi connectivity index (χ4n) is 2.45. The Hall–Kier alpha value is -0.950. The highest BCUT2D eigenvalue weighted by atomic mass is 16.7. The molecule has 2 rings (SSSR count). The van der Waals surface area contributed by atoms with Crippen molar-refractivity contribution in [1.29, 1.82) is 0 Å². The number of hydrogen-bond donors (Lipinski definition) is 1. The molecular weight excluding hydrogens is 244 g/mol. The first kappa shape index (κ1) is 14.5. The Morgan fingerprint density at radius 2 is 2.00 bits per heavy atom. The van der Waals surface area contributed by atoms with Gasteiger partial charge in [-0.05, 0) is 13.0 Å². The molecule has 1 aromatic heterocycles. The average Bonchev–Trinajstić information content (AvgIpc) is 2.90. The lowest BCUT2D eigenvalue weighted by atomic mass is 10.3. The van der Waals surface area contributed by atoms with Crippen LogP contribution in [-0.2, 0) is 16.0 Å². The normalized spacial score (nSPS) is 17.2. The summed E-state index contributed by atoms with van der Waals surface area (Å²) in [4.78, 5) is 6.68. The predicted octanol–water partition coefficient (Wildman–Crippen LogP) is 0.470. The lowest BCUT2D eigenvalue weighted by Crippen LogP contribution is -2.43. The van der Waals surface area contributed by atoms with Gasteiger partial charge in [-0.2, -0.15) is 0 Å². The summed E-state index contributed by atoms with van der Waals surface area (Å²) in [6, 6.07) is 0. The summed E-state index contributed by atoms with van der Waals surface area (Å²) < 4.78 is 12.7. The smallest absolute Gasteiger partial charge is 0.200 e. The quantitative estimate of drug-likeness (QED) is 0.729. The molecule has 6 nitrogen and oxygen atoms in total. The molecule has 1 N–H and O–H groups in total. The standard InChI is InChI=1S/C13H24N4O2/c1-18-13(19-2)12-10-15-11-17(12)7-3-6-16-8-4-14-5-9-16/h10-11,13-14H,3-9H2,1-2H3. The minimum absolute atomic E-state index is 0.332. The number of piperazine rings is 1. The van der Waals surface area contributed by atoms with Gasteiger partial charge >= 0.3 is 0 Å². The molecule has 1 fully saturated rings. The number of ether oxygens (including phenoxy) is 2. The fraction of sp³-hybridized carbons (Fsp3) is 0.769. The summed E-state index contributed by atoms with van der Waals surface area (Å²) in [6.07, 6.45) is 4.44. The Kier molecular flexibility index (Phi) is 5.78. The molecular formula is C13H24N4O2. The number of methoxy groups -OCH3 is 2. The Bertz CT molecular complexity index is 359. The summed E-state index contributed by atoms with van der Waals surface area (Å²) in [5, 5.41) is 3.37. The van der Waals surface area contributed by atoms with Crippen molar-refractivity contribution in [1.82, 2.24) is 19.8 Å². The maximum absolute atomic E-state index is 5.28. The molecule has 0 aliphatic carbocycles. The van der Waals surface area contributed by atoms with E-state index in [-0.39, 0.29) is 6.29 Å². The molecule has 0 bridgehead atoms. The molecule has 1 aromatic rings. The maximum Gasteiger partial charge on any atom is 0.200 e. The van der Waals surface area contributed by atoms with E-state index < -0.39 is 0 Å². The zero-order valence-electron chi connectivity index (χ0n) is 11.8. The molecule has 6 heteroatoms. The minimum atomic E-state index is -0.332. The van der Waals surface area contributed by atoms with Gasteiger partial charge in [0, 0.05) is 46.9 Å². The number of rotatable bonds is 7. The molecule has 1 aliphatic heterocycles. The molecule has 0 atom stereocenters. The van der Waals surface area contributed by atoms with Crippen LogP contribution in [0.2, 0.25) is 0 Å². The first-order valence-electron chi connectivity index (χ1n) is 6.84. The molecule has 0 unspecified atom stereocenters. The first-order chi connectivity index (χ1) is 9.35. The molecule has 0 spiro atoms. The molecule has 1 saturated heterocycles. The molecule has 0 amide bonds. The van der Waals surface area contributed by atoms with Crippen molar-refractivity contribution in [2.24, 2.45) is 0 Å². The van der Waals surface area contributed by atoms with Crippen molar-refractivity contribution in [3.8, 4) is 0 Å². The number of imidazole rings is 1. The highest BCUT2D eigenvalue weighted by molar-refractivity contribution is 5.00. The van der Waals surface area contributed by atoms with E-state index in [2.05, 4.69) is 19.8 Å². The van der Waals surface area contributed by atoms with Crippen molar-refractivity contribution in [3.05, 3.63) is 18.2 Å². The van der Waals surface area contributed by atoms with E-state index in [0.717, 1.165) is 51.4 Å². The van der Waals surface area contributed by atoms with Gasteiger partial charge in [0.05, 0.1) is 18.2 Å². The second kappa shape index (κ2) is 7.59. The van der Waals surface area contributed by atoms with Crippen molar-refractivity contribution in [2.75, 3.05) is 46.9 Å². The van der Waals surface area contributed by atoms with Gasteiger partial charge in [0.15, 0.2) is 6.29 Å². The number of aromatic nitrogens is 2. The summed E-state index contributed by atoms with van der Waals surface area (Å²) in [5.41, 5.74) is 0.977. The SMILES string of the molecule is COC(OC)c1cncn1CCCN1CCNCC1. The second-order valence-electron chi connectivity index (χ2n) is 4.76. The van der Waals surface area contributed by atoms with Gasteiger partial charge in [-0.25, -0.2) is 4.98 Å². The van der Waals surface area contributed by atoms with Crippen LogP contribution in [-0.4, -0.2) is 61.4 Å². The van der Waals surface area contributed by atoms with Crippen LogP contribution in [0.4, 0.5) is 0 Å². The molecule has 19 heavy (non-hydrogen) atoms. The highest BCUT2D eigenvalue weighted by Gasteiger charge is 2.14. The monoisotopic (exact) mass is 268 g/mol. The summed E-state index contributed by atoms with van der Waals surface area (Å²) in [5.74, 6) is 0. The molecule has 0 saturated carbocycles. The van der Waals surface area contributed by atoms with Gasteiger partial charge in [0.2, 0.25) is 0 Å². The van der Waals surface area contributed by atoms with E-state index in [9.17, 15) is 0 Å². The largest absolute Gasteiger partial charge is 0.350 e. The summed E-state index contributed by atoms with van der Waals surface area (Å²) in [6.45, 7) is 6.58. The first-order valence-corrected chi connectivity index (χ1v) is 6.84. The third-order valence-electron chi connectivity index (χ3n) is 3.50. The molecule has 0 radical (unpaired) electrons. The lowest BCUT2D eigenvalue weighted by Gasteiger charge is -2.27. The van der Waals surface area contributed by atoms with Gasteiger partial charge in [-0.3, -0.25) is 0 Å². The summed E-state index contributed by atoms with van der Waals surface area (Å²) >= 11 is 0.